The number of hydrogen-bond donors (Lipinski definition) is 4. The summed E-state index contributed by atoms with van der Waals surface area (Å²) in [6.45, 7) is 3.53. The van der Waals surface area contributed by atoms with Crippen LogP contribution in [0.3, 0.4) is 0 Å². The number of hydrogen-bond acceptors (Lipinski definition) is 6. The lowest BCUT2D eigenvalue weighted by Crippen LogP contribution is -2.71. The minimum Gasteiger partial charge on any atom is -0.508 e. The van der Waals surface area contributed by atoms with E-state index in [2.05, 4.69) is 5.32 Å². The minimum absolute atomic E-state index is 0.0606. The number of carboxylic acids is 1. The Hall–Kier alpha value is -2.26. The number of amides is 2. The molecule has 1 aromatic carbocycles. The van der Waals surface area contributed by atoms with Crippen LogP contribution in [0.5, 0.6) is 5.75 Å². The Kier molecular flexibility index (Phi) is 4.16. The van der Waals surface area contributed by atoms with E-state index in [4.69, 9.17) is 5.73 Å². The topological polar surface area (TPSA) is 133 Å². The van der Waals surface area contributed by atoms with Gasteiger partial charge >= 0.3 is 5.97 Å². The molecule has 2 aliphatic rings. The normalized spacial score (nSPS) is 28.0. The molecule has 2 aliphatic heterocycles. The number of β-lactam (4-membered cyclic amide) rings is 1. The molecule has 3 unspecified atom stereocenters. The van der Waals surface area contributed by atoms with Gasteiger partial charge < -0.3 is 26.2 Å². The molecule has 25 heavy (non-hydrogen) atoms. The minimum atomic E-state index is -1.06. The predicted molar refractivity (Wildman–Crippen MR) is 90.7 cm³/mol. The zero-order valence-corrected chi connectivity index (χ0v) is 14.5. The smallest absolute Gasteiger partial charge is 0.327 e. The molecule has 0 saturated carbocycles. The molecule has 9 heteroatoms. The first-order valence-electron chi connectivity index (χ1n) is 7.71. The lowest BCUT2D eigenvalue weighted by atomic mass is 9.95. The Morgan fingerprint density at radius 2 is 1.92 bits per heavy atom. The van der Waals surface area contributed by atoms with Crippen molar-refractivity contribution in [2.45, 2.75) is 42.1 Å². The molecule has 2 fully saturated rings. The summed E-state index contributed by atoms with van der Waals surface area (Å²) in [4.78, 5) is 37.5. The van der Waals surface area contributed by atoms with Crippen LogP contribution < -0.4 is 11.1 Å². The van der Waals surface area contributed by atoms with E-state index in [1.54, 1.807) is 13.8 Å². The molecule has 0 aliphatic carbocycles. The molecule has 2 saturated heterocycles. The molecule has 2 amide bonds. The summed E-state index contributed by atoms with van der Waals surface area (Å²) in [6.07, 6.45) is 0. The van der Waals surface area contributed by atoms with Crippen molar-refractivity contribution in [1.29, 1.82) is 0 Å². The van der Waals surface area contributed by atoms with Gasteiger partial charge in [-0.2, -0.15) is 0 Å². The number of fused-ring (bicyclic) bond motifs is 1. The number of nitrogens with one attached hydrogen (secondary N) is 1. The van der Waals surface area contributed by atoms with Crippen molar-refractivity contribution < 1.29 is 24.6 Å². The van der Waals surface area contributed by atoms with E-state index < -0.39 is 46.0 Å². The summed E-state index contributed by atoms with van der Waals surface area (Å²) in [6, 6.07) is 3.21. The van der Waals surface area contributed by atoms with E-state index in [0.29, 0.717) is 5.56 Å². The molecular weight excluding hydrogens is 346 g/mol. The summed E-state index contributed by atoms with van der Waals surface area (Å²) < 4.78 is -0.648. The maximum atomic E-state index is 12.3. The van der Waals surface area contributed by atoms with Gasteiger partial charge in [-0.15, -0.1) is 11.8 Å². The molecule has 134 valence electrons. The number of rotatable bonds is 4. The van der Waals surface area contributed by atoms with Crippen molar-refractivity contribution in [2.75, 3.05) is 0 Å². The third-order valence-electron chi connectivity index (χ3n) is 4.51. The third-order valence-corrected chi connectivity index (χ3v) is 6.08. The Labute approximate surface area is 148 Å². The number of nitrogens with two attached hydrogens (primary N) is 1. The SMILES string of the molecule is CC1(C)SC2[C@H](NC(=O)C(N)c3ccc(O)cc3)C(=O)N2C1C(=O)O. The van der Waals surface area contributed by atoms with Gasteiger partial charge in [0.25, 0.3) is 0 Å². The number of phenolic OH excluding ortho intramolecular Hbond substituents is 1. The molecule has 0 radical (unpaired) electrons. The van der Waals surface area contributed by atoms with Crippen molar-refractivity contribution >= 4 is 29.5 Å². The zero-order chi connectivity index (χ0) is 18.5. The molecule has 4 atom stereocenters. The summed E-state index contributed by atoms with van der Waals surface area (Å²) in [5.74, 6) is -1.94. The number of nitrogens with zero attached hydrogens (tertiary/aromatic N) is 1. The number of carbonyl (C=O) groups excluding carboxylic acids is 2. The Morgan fingerprint density at radius 1 is 1.32 bits per heavy atom. The van der Waals surface area contributed by atoms with E-state index in [9.17, 15) is 24.6 Å². The Balaban J connectivity index is 1.70. The molecular formula is C16H19N3O5S. The van der Waals surface area contributed by atoms with Crippen molar-refractivity contribution in [3.05, 3.63) is 29.8 Å². The predicted octanol–water partition coefficient (Wildman–Crippen LogP) is 0.0237. The molecule has 0 aromatic heterocycles. The van der Waals surface area contributed by atoms with Crippen LogP contribution in [0, 0.1) is 0 Å². The molecule has 0 spiro atoms. The number of benzene rings is 1. The first-order valence-corrected chi connectivity index (χ1v) is 8.59. The first kappa shape index (κ1) is 17.6. The second kappa shape index (κ2) is 5.92. The van der Waals surface area contributed by atoms with Gasteiger partial charge in [0.15, 0.2) is 0 Å². The van der Waals surface area contributed by atoms with Crippen molar-refractivity contribution in [3.8, 4) is 5.75 Å². The third kappa shape index (κ3) is 2.83. The van der Waals surface area contributed by atoms with Crippen molar-refractivity contribution in [2.24, 2.45) is 5.73 Å². The van der Waals surface area contributed by atoms with E-state index in [-0.39, 0.29) is 5.75 Å². The highest BCUT2D eigenvalue weighted by Gasteiger charge is 2.64. The molecule has 8 nitrogen and oxygen atoms in total. The zero-order valence-electron chi connectivity index (χ0n) is 13.7. The van der Waals surface area contributed by atoms with Crippen LogP contribution in [0.1, 0.15) is 25.5 Å². The highest BCUT2D eigenvalue weighted by Crippen LogP contribution is 2.50. The Bertz CT molecular complexity index is 736. The lowest BCUT2D eigenvalue weighted by Gasteiger charge is -2.43. The number of aromatic hydroxyl groups is 1. The summed E-state index contributed by atoms with van der Waals surface area (Å²) in [5, 5.41) is 20.9. The van der Waals surface area contributed by atoms with Crippen LogP contribution in [0.15, 0.2) is 24.3 Å². The van der Waals surface area contributed by atoms with Crippen molar-refractivity contribution in [3.63, 3.8) is 0 Å². The van der Waals surface area contributed by atoms with Crippen molar-refractivity contribution in [1.82, 2.24) is 10.2 Å². The highest BCUT2D eigenvalue weighted by molar-refractivity contribution is 8.01. The summed E-state index contributed by atoms with van der Waals surface area (Å²) in [5.41, 5.74) is 6.41. The van der Waals surface area contributed by atoms with E-state index in [1.807, 2.05) is 0 Å². The quantitative estimate of drug-likeness (QED) is 0.553. The fourth-order valence-corrected chi connectivity index (χ4v) is 4.85. The second-order valence-corrected chi connectivity index (χ2v) is 8.42. The second-order valence-electron chi connectivity index (χ2n) is 6.65. The number of phenols is 1. The van der Waals surface area contributed by atoms with E-state index in [0.717, 1.165) is 0 Å². The summed E-state index contributed by atoms with van der Waals surface area (Å²) in [7, 11) is 0. The molecule has 5 N–H and O–H groups in total. The molecule has 0 bridgehead atoms. The molecule has 3 rings (SSSR count). The number of carbonyl (C=O) groups is 3. The Morgan fingerprint density at radius 3 is 2.48 bits per heavy atom. The molecule has 1 aromatic rings. The number of carboxylic acid groups (broad SMARTS) is 1. The maximum Gasteiger partial charge on any atom is 0.327 e. The van der Waals surface area contributed by atoms with Gasteiger partial charge in [0.2, 0.25) is 11.8 Å². The maximum absolute atomic E-state index is 12.3. The van der Waals surface area contributed by atoms with Gasteiger partial charge in [-0.05, 0) is 31.5 Å². The van der Waals surface area contributed by atoms with E-state index >= 15 is 0 Å². The van der Waals surface area contributed by atoms with Crippen LogP contribution in [0.4, 0.5) is 0 Å². The van der Waals surface area contributed by atoms with Crippen LogP contribution >= 0.6 is 11.8 Å². The van der Waals surface area contributed by atoms with E-state index in [1.165, 1.54) is 40.9 Å². The highest BCUT2D eigenvalue weighted by atomic mass is 32.2. The average molecular weight is 365 g/mol. The van der Waals surface area contributed by atoms with Crippen LogP contribution in [0.25, 0.3) is 0 Å². The van der Waals surface area contributed by atoms with Crippen LogP contribution in [-0.2, 0) is 14.4 Å². The van der Waals surface area contributed by atoms with Crippen LogP contribution in [-0.4, -0.2) is 55.1 Å². The number of thioether (sulfide) groups is 1. The van der Waals surface area contributed by atoms with Crippen LogP contribution in [0.2, 0.25) is 0 Å². The average Bonchev–Trinajstić information content (AvgIpc) is 2.80. The van der Waals surface area contributed by atoms with Gasteiger partial charge in [0.1, 0.15) is 29.2 Å². The van der Waals surface area contributed by atoms with Gasteiger partial charge in [0.05, 0.1) is 0 Å². The van der Waals surface area contributed by atoms with Gasteiger partial charge in [0, 0.05) is 4.75 Å². The van der Waals surface area contributed by atoms with Gasteiger partial charge in [-0.3, -0.25) is 9.59 Å². The summed E-state index contributed by atoms with van der Waals surface area (Å²) >= 11 is 1.35. The monoisotopic (exact) mass is 365 g/mol. The van der Waals surface area contributed by atoms with Gasteiger partial charge in [-0.25, -0.2) is 4.79 Å². The fourth-order valence-electron chi connectivity index (χ4n) is 3.22. The largest absolute Gasteiger partial charge is 0.508 e. The lowest BCUT2D eigenvalue weighted by molar-refractivity contribution is -0.161. The molecule has 2 heterocycles. The fraction of sp³-hybridized carbons (Fsp3) is 0.438. The van der Waals surface area contributed by atoms with Gasteiger partial charge in [-0.1, -0.05) is 12.1 Å². The number of aliphatic carboxylic acids is 1. The standard InChI is InChI=1S/C16H19N3O5S/c1-16(2)11(15(23)24)19-13(22)10(14(19)25-16)18-12(21)9(17)7-3-5-8(20)6-4-7/h3-6,9-11,14,20H,17H2,1-2H3,(H,18,21)(H,23,24)/t9?,10-,11?,14?/m1/s1. The first-order chi connectivity index (χ1) is 11.6.